The third-order valence-electron chi connectivity index (χ3n) is 3.49. The molecule has 3 N–H and O–H groups in total. The van der Waals surface area contributed by atoms with Crippen molar-refractivity contribution in [2.24, 2.45) is 0 Å². The topological polar surface area (TPSA) is 79.5 Å². The second kappa shape index (κ2) is 11.0. The maximum absolute atomic E-state index is 12.9. The first-order valence-corrected chi connectivity index (χ1v) is 10.7. The Morgan fingerprint density at radius 1 is 1.25 bits per heavy atom. The van der Waals surface area contributed by atoms with Crippen LogP contribution >= 0.6 is 35.3 Å². The number of carbonyl (C=O) groups is 2. The van der Waals surface area contributed by atoms with Gasteiger partial charge in [-0.2, -0.15) is 0 Å². The molecule has 0 aliphatic rings. The van der Waals surface area contributed by atoms with E-state index in [1.165, 1.54) is 42.3 Å². The van der Waals surface area contributed by atoms with Crippen molar-refractivity contribution < 1.29 is 18.7 Å². The summed E-state index contributed by atoms with van der Waals surface area (Å²) in [5.41, 5.74) is 6.44. The van der Waals surface area contributed by atoms with E-state index in [2.05, 4.69) is 16.2 Å². The molecule has 10 heteroatoms. The number of nitrogens with one attached hydrogen (secondary N) is 3. The summed E-state index contributed by atoms with van der Waals surface area (Å²) in [6.07, 6.45) is 0.776. The van der Waals surface area contributed by atoms with Crippen LogP contribution in [0.4, 0.5) is 9.39 Å². The predicted molar refractivity (Wildman–Crippen MR) is 115 cm³/mol. The lowest BCUT2D eigenvalue weighted by atomic mass is 10.2. The summed E-state index contributed by atoms with van der Waals surface area (Å²) in [5.74, 6) is -0.205. The first-order chi connectivity index (χ1) is 13.4. The van der Waals surface area contributed by atoms with Gasteiger partial charge in [-0.3, -0.25) is 15.6 Å². The molecule has 0 spiro atoms. The van der Waals surface area contributed by atoms with Gasteiger partial charge in [-0.05, 0) is 42.4 Å². The number of carbonyl (C=O) groups excluding carboxylic acids is 2. The van der Waals surface area contributed by atoms with Gasteiger partial charge < -0.3 is 10.1 Å². The normalized spacial score (nSPS) is 10.2. The lowest BCUT2D eigenvalue weighted by molar-refractivity contribution is -0.119. The van der Waals surface area contributed by atoms with Crippen LogP contribution in [0.15, 0.2) is 30.3 Å². The molecule has 0 fully saturated rings. The quantitative estimate of drug-likeness (QED) is 0.345. The zero-order valence-electron chi connectivity index (χ0n) is 15.3. The smallest absolute Gasteiger partial charge is 0.340 e. The second-order valence-electron chi connectivity index (χ2n) is 5.55. The third kappa shape index (κ3) is 6.77. The Morgan fingerprint density at radius 2 is 1.96 bits per heavy atom. The molecule has 0 saturated carbocycles. The number of halogens is 1. The fourth-order valence-electron chi connectivity index (χ4n) is 2.11. The lowest BCUT2D eigenvalue weighted by Crippen LogP contribution is -2.44. The average Bonchev–Trinajstić information content (AvgIpc) is 3.10. The van der Waals surface area contributed by atoms with Crippen LogP contribution < -0.4 is 16.2 Å². The van der Waals surface area contributed by atoms with Gasteiger partial charge in [-0.1, -0.05) is 19.1 Å². The highest BCUT2D eigenvalue weighted by Gasteiger charge is 2.17. The van der Waals surface area contributed by atoms with Crippen molar-refractivity contribution >= 4 is 57.3 Å². The van der Waals surface area contributed by atoms with Crippen LogP contribution in [0.3, 0.4) is 0 Å². The van der Waals surface area contributed by atoms with E-state index in [-0.39, 0.29) is 22.6 Å². The highest BCUT2D eigenvalue weighted by molar-refractivity contribution is 7.99. The molecule has 1 aromatic carbocycles. The summed E-state index contributed by atoms with van der Waals surface area (Å²) in [6, 6.07) is 7.90. The molecule has 0 unspecified atom stereocenters. The zero-order valence-corrected chi connectivity index (χ0v) is 17.8. The monoisotopic (exact) mass is 441 g/mol. The molecule has 0 radical (unpaired) electrons. The molecule has 1 heterocycles. The lowest BCUT2D eigenvalue weighted by Gasteiger charge is -2.11. The van der Waals surface area contributed by atoms with Gasteiger partial charge in [0.05, 0.1) is 18.4 Å². The van der Waals surface area contributed by atoms with Crippen LogP contribution in [0.25, 0.3) is 0 Å². The number of hydrogen-bond donors (Lipinski definition) is 3. The van der Waals surface area contributed by atoms with Crippen LogP contribution in [-0.2, 0) is 21.7 Å². The maximum atomic E-state index is 12.9. The average molecular weight is 442 g/mol. The largest absolute Gasteiger partial charge is 0.465 e. The van der Waals surface area contributed by atoms with E-state index >= 15 is 0 Å². The summed E-state index contributed by atoms with van der Waals surface area (Å²) in [4.78, 5) is 24.8. The van der Waals surface area contributed by atoms with E-state index in [4.69, 9.17) is 17.0 Å². The van der Waals surface area contributed by atoms with Gasteiger partial charge in [0.2, 0.25) is 5.91 Å². The Kier molecular flexibility index (Phi) is 8.68. The van der Waals surface area contributed by atoms with E-state index < -0.39 is 5.97 Å². The Morgan fingerprint density at radius 3 is 2.61 bits per heavy atom. The van der Waals surface area contributed by atoms with Crippen molar-refractivity contribution in [3.63, 3.8) is 0 Å². The molecular weight excluding hydrogens is 421 g/mol. The molecular formula is C18H20FN3O3S3. The molecule has 28 heavy (non-hydrogen) atoms. The summed E-state index contributed by atoms with van der Waals surface area (Å²) in [7, 11) is 1.32. The van der Waals surface area contributed by atoms with Crippen molar-refractivity contribution in [3.8, 4) is 0 Å². The SMILES string of the molecule is CCc1cc(C(=O)OC)c(NC(=S)NNC(=O)CSCc2ccc(F)cc2)s1. The summed E-state index contributed by atoms with van der Waals surface area (Å²) >= 11 is 7.95. The van der Waals surface area contributed by atoms with Gasteiger partial charge in [0.1, 0.15) is 10.8 Å². The van der Waals surface area contributed by atoms with Crippen LogP contribution in [0.1, 0.15) is 27.7 Å². The van der Waals surface area contributed by atoms with Gasteiger partial charge in [-0.15, -0.1) is 23.1 Å². The molecule has 0 bridgehead atoms. The first-order valence-electron chi connectivity index (χ1n) is 8.32. The molecule has 1 aromatic heterocycles. The van der Waals surface area contributed by atoms with Crippen LogP contribution in [0.5, 0.6) is 0 Å². The molecule has 0 saturated heterocycles. The Balaban J connectivity index is 1.77. The molecule has 0 atom stereocenters. The van der Waals surface area contributed by atoms with Crippen molar-refractivity contribution in [1.82, 2.24) is 10.9 Å². The minimum Gasteiger partial charge on any atom is -0.465 e. The number of thiophene rings is 1. The Labute approximate surface area is 176 Å². The molecule has 2 rings (SSSR count). The highest BCUT2D eigenvalue weighted by Crippen LogP contribution is 2.29. The maximum Gasteiger partial charge on any atom is 0.340 e. The summed E-state index contributed by atoms with van der Waals surface area (Å²) in [5, 5.41) is 3.62. The highest BCUT2D eigenvalue weighted by atomic mass is 32.2. The number of rotatable bonds is 7. The summed E-state index contributed by atoms with van der Waals surface area (Å²) in [6.45, 7) is 1.98. The third-order valence-corrected chi connectivity index (χ3v) is 5.90. The van der Waals surface area contributed by atoms with Crippen molar-refractivity contribution in [1.29, 1.82) is 0 Å². The number of esters is 1. The van der Waals surface area contributed by atoms with E-state index in [0.29, 0.717) is 16.3 Å². The standard InChI is InChI=1S/C18H20FN3O3S3/c1-3-13-8-14(17(24)25-2)16(28-13)20-18(26)22-21-15(23)10-27-9-11-4-6-12(19)7-5-11/h4-8H,3,9-10H2,1-2H3,(H,21,23)(H2,20,22,26). The minimum absolute atomic E-state index is 0.159. The molecule has 150 valence electrons. The number of amides is 1. The molecule has 6 nitrogen and oxygen atoms in total. The van der Waals surface area contributed by atoms with E-state index in [0.717, 1.165) is 16.9 Å². The zero-order chi connectivity index (χ0) is 20.5. The number of methoxy groups -OCH3 is 1. The molecule has 0 aliphatic carbocycles. The number of hydrazine groups is 1. The van der Waals surface area contributed by atoms with Crippen molar-refractivity contribution in [2.75, 3.05) is 18.2 Å². The van der Waals surface area contributed by atoms with Gasteiger partial charge >= 0.3 is 5.97 Å². The number of ether oxygens (including phenoxy) is 1. The first kappa shape index (κ1) is 22.1. The number of aryl methyl sites for hydroxylation is 1. The van der Waals surface area contributed by atoms with Gasteiger partial charge in [0.15, 0.2) is 5.11 Å². The fraction of sp³-hybridized carbons (Fsp3) is 0.278. The van der Waals surface area contributed by atoms with Crippen LogP contribution in [0, 0.1) is 5.82 Å². The van der Waals surface area contributed by atoms with Gasteiger partial charge in [-0.25, -0.2) is 9.18 Å². The summed E-state index contributed by atoms with van der Waals surface area (Å²) < 4.78 is 17.6. The number of anilines is 1. The van der Waals surface area contributed by atoms with Crippen LogP contribution in [-0.4, -0.2) is 29.9 Å². The molecule has 0 aliphatic heterocycles. The Bertz CT molecular complexity index is 840. The van der Waals surface area contributed by atoms with Gasteiger partial charge in [0.25, 0.3) is 0 Å². The minimum atomic E-state index is -0.456. The van der Waals surface area contributed by atoms with Crippen LogP contribution in [0.2, 0.25) is 0 Å². The van der Waals surface area contributed by atoms with E-state index in [1.54, 1.807) is 18.2 Å². The van der Waals surface area contributed by atoms with Crippen molar-refractivity contribution in [2.45, 2.75) is 19.1 Å². The van der Waals surface area contributed by atoms with E-state index in [1.807, 2.05) is 6.92 Å². The molecule has 1 amide bonds. The predicted octanol–water partition coefficient (Wildman–Crippen LogP) is 3.49. The number of thiocarbonyl (C=S) groups is 1. The number of thioether (sulfide) groups is 1. The van der Waals surface area contributed by atoms with Gasteiger partial charge in [0, 0.05) is 10.6 Å². The number of hydrogen-bond acceptors (Lipinski definition) is 6. The van der Waals surface area contributed by atoms with Crippen molar-refractivity contribution in [3.05, 3.63) is 52.2 Å². The Hall–Kier alpha value is -2.17. The second-order valence-corrected chi connectivity index (χ2v) is 8.08. The molecule has 2 aromatic rings. The van der Waals surface area contributed by atoms with E-state index in [9.17, 15) is 14.0 Å². The number of benzene rings is 1. The fourth-order valence-corrected chi connectivity index (χ4v) is 4.10.